The largest absolute Gasteiger partial charge is 0.490 e. The second-order valence-corrected chi connectivity index (χ2v) is 10.5. The van der Waals surface area contributed by atoms with Crippen LogP contribution in [-0.4, -0.2) is 22.7 Å². The van der Waals surface area contributed by atoms with Crippen LogP contribution in [0.5, 0.6) is 11.5 Å². The molecule has 3 aromatic rings. The molecule has 1 heterocycles. The Labute approximate surface area is 228 Å². The molecular weight excluding hydrogens is 648 g/mol. The number of benzene rings is 3. The molecule has 0 aliphatic carbocycles. The van der Waals surface area contributed by atoms with E-state index in [1.165, 1.54) is 17.0 Å². The van der Waals surface area contributed by atoms with Crippen molar-refractivity contribution in [3.63, 3.8) is 0 Å². The molecule has 1 aliphatic rings. The highest BCUT2D eigenvalue weighted by Gasteiger charge is 2.35. The van der Waals surface area contributed by atoms with Crippen LogP contribution in [0.25, 0.3) is 6.08 Å². The molecule has 1 saturated heterocycles. The van der Waals surface area contributed by atoms with E-state index in [9.17, 15) is 14.0 Å². The summed E-state index contributed by atoms with van der Waals surface area (Å²) in [5.74, 6) is 0.458. The Morgan fingerprint density at radius 2 is 1.83 bits per heavy atom. The first-order valence-electron chi connectivity index (χ1n) is 10.7. The number of amides is 2. The van der Waals surface area contributed by atoms with Crippen LogP contribution in [0.2, 0.25) is 0 Å². The predicted octanol–water partition coefficient (Wildman–Crippen LogP) is 7.41. The summed E-state index contributed by atoms with van der Waals surface area (Å²) in [7, 11) is 0. The number of ether oxygens (including phenoxy) is 2. The minimum absolute atomic E-state index is 0.196. The van der Waals surface area contributed by atoms with Gasteiger partial charge in [0.1, 0.15) is 12.4 Å². The molecule has 0 bridgehead atoms. The molecule has 0 saturated carbocycles. The van der Waals surface area contributed by atoms with E-state index in [-0.39, 0.29) is 30.1 Å². The monoisotopic (exact) mass is 667 g/mol. The average molecular weight is 668 g/mol. The van der Waals surface area contributed by atoms with Gasteiger partial charge in [0.25, 0.3) is 11.1 Å². The minimum Gasteiger partial charge on any atom is -0.490 e. The van der Waals surface area contributed by atoms with Gasteiger partial charge in [-0.3, -0.25) is 14.5 Å². The zero-order chi connectivity index (χ0) is 24.9. The Bertz CT molecular complexity index is 1300. The molecule has 0 atom stereocenters. The van der Waals surface area contributed by atoms with Crippen molar-refractivity contribution in [2.45, 2.75) is 20.1 Å². The van der Waals surface area contributed by atoms with E-state index < -0.39 is 0 Å². The van der Waals surface area contributed by atoms with Crippen LogP contribution in [0, 0.1) is 9.39 Å². The molecule has 2 amide bonds. The molecule has 1 fully saturated rings. The molecule has 3 aromatic carbocycles. The first-order chi connectivity index (χ1) is 16.9. The van der Waals surface area contributed by atoms with E-state index in [1.807, 2.05) is 37.3 Å². The van der Waals surface area contributed by atoms with Gasteiger partial charge in [0.2, 0.25) is 0 Å². The van der Waals surface area contributed by atoms with Crippen LogP contribution in [-0.2, 0) is 17.9 Å². The number of nitrogens with zero attached hydrogens (tertiary/aromatic N) is 1. The van der Waals surface area contributed by atoms with Gasteiger partial charge < -0.3 is 9.47 Å². The maximum atomic E-state index is 13.2. The highest BCUT2D eigenvalue weighted by molar-refractivity contribution is 14.1. The fourth-order valence-electron chi connectivity index (χ4n) is 3.40. The van der Waals surface area contributed by atoms with Crippen molar-refractivity contribution in [2.24, 2.45) is 0 Å². The van der Waals surface area contributed by atoms with Gasteiger partial charge in [0.15, 0.2) is 11.5 Å². The number of carbonyl (C=O) groups excluding carboxylic acids is 2. The van der Waals surface area contributed by atoms with Gasteiger partial charge in [-0.05, 0) is 94.4 Å². The van der Waals surface area contributed by atoms with Crippen molar-refractivity contribution in [1.29, 1.82) is 0 Å². The van der Waals surface area contributed by atoms with Gasteiger partial charge in [-0.2, -0.15) is 0 Å². The topological polar surface area (TPSA) is 55.8 Å². The third kappa shape index (κ3) is 6.25. The molecule has 9 heteroatoms. The van der Waals surface area contributed by atoms with Crippen molar-refractivity contribution < 1.29 is 23.5 Å². The lowest BCUT2D eigenvalue weighted by molar-refractivity contribution is -0.123. The molecule has 0 unspecified atom stereocenters. The molecule has 0 N–H and O–H groups in total. The Hall–Kier alpha value is -2.37. The summed E-state index contributed by atoms with van der Waals surface area (Å²) in [5, 5.41) is -0.309. The number of halogens is 3. The van der Waals surface area contributed by atoms with Crippen molar-refractivity contribution in [3.8, 4) is 11.5 Å². The summed E-state index contributed by atoms with van der Waals surface area (Å²) < 4.78 is 26.6. The first kappa shape index (κ1) is 25.7. The number of carbonyl (C=O) groups is 2. The van der Waals surface area contributed by atoms with Gasteiger partial charge in [0, 0.05) is 4.47 Å². The van der Waals surface area contributed by atoms with E-state index in [2.05, 4.69) is 38.5 Å². The first-order valence-corrected chi connectivity index (χ1v) is 13.4. The summed E-state index contributed by atoms with van der Waals surface area (Å²) in [6.45, 7) is 2.75. The third-order valence-electron chi connectivity index (χ3n) is 5.09. The molecule has 180 valence electrons. The molecule has 5 nitrogen and oxygen atoms in total. The average Bonchev–Trinajstić information content (AvgIpc) is 3.08. The quantitative estimate of drug-likeness (QED) is 0.185. The fourth-order valence-corrected chi connectivity index (χ4v) is 5.42. The number of thioether (sulfide) groups is 1. The van der Waals surface area contributed by atoms with E-state index in [0.717, 1.165) is 36.5 Å². The Balaban J connectivity index is 1.55. The van der Waals surface area contributed by atoms with Crippen LogP contribution in [0.1, 0.15) is 23.6 Å². The number of rotatable bonds is 8. The van der Waals surface area contributed by atoms with Crippen LogP contribution < -0.4 is 9.47 Å². The number of hydrogen-bond acceptors (Lipinski definition) is 5. The Morgan fingerprint density at radius 1 is 1.09 bits per heavy atom. The highest BCUT2D eigenvalue weighted by atomic mass is 127. The molecule has 0 radical (unpaired) electrons. The maximum absolute atomic E-state index is 13.2. The molecule has 4 rings (SSSR count). The van der Waals surface area contributed by atoms with Crippen LogP contribution in [0.15, 0.2) is 70.0 Å². The zero-order valence-corrected chi connectivity index (χ0v) is 23.2. The van der Waals surface area contributed by atoms with Gasteiger partial charge in [-0.25, -0.2) is 4.39 Å². The molecule has 1 aliphatic heterocycles. The SMILES string of the molecule is CCOc1cc(/C=C2\SC(=O)N(Cc3ccccc3Br)C2=O)cc(I)c1OCc1ccc(F)cc1. The summed E-state index contributed by atoms with van der Waals surface area (Å²) in [6, 6.07) is 17.3. The van der Waals surface area contributed by atoms with Crippen molar-refractivity contribution in [2.75, 3.05) is 6.61 Å². The van der Waals surface area contributed by atoms with Gasteiger partial charge in [-0.1, -0.05) is 46.3 Å². The van der Waals surface area contributed by atoms with Crippen LogP contribution >= 0.6 is 50.3 Å². The van der Waals surface area contributed by atoms with Crippen molar-refractivity contribution in [3.05, 3.63) is 96.1 Å². The standard InChI is InChI=1S/C26H20BrFINO4S/c1-2-33-22-12-17(11-21(29)24(22)34-15-16-7-9-19(28)10-8-16)13-23-25(31)30(26(32)35-23)14-18-5-3-4-6-20(18)27/h3-13H,2,14-15H2,1H3/b23-13-. The number of imide groups is 1. The Morgan fingerprint density at radius 3 is 2.54 bits per heavy atom. The second-order valence-electron chi connectivity index (χ2n) is 7.54. The minimum atomic E-state index is -0.333. The summed E-state index contributed by atoms with van der Waals surface area (Å²) in [5.41, 5.74) is 2.40. The predicted molar refractivity (Wildman–Crippen MR) is 147 cm³/mol. The number of hydrogen-bond donors (Lipinski definition) is 0. The van der Waals surface area contributed by atoms with Crippen LogP contribution in [0.3, 0.4) is 0 Å². The van der Waals surface area contributed by atoms with E-state index in [0.29, 0.717) is 23.0 Å². The molecule has 0 aromatic heterocycles. The van der Waals surface area contributed by atoms with Crippen LogP contribution in [0.4, 0.5) is 9.18 Å². The summed E-state index contributed by atoms with van der Waals surface area (Å²) >= 11 is 6.53. The lowest BCUT2D eigenvalue weighted by Gasteiger charge is -2.15. The lowest BCUT2D eigenvalue weighted by atomic mass is 10.1. The van der Waals surface area contributed by atoms with Gasteiger partial charge in [-0.15, -0.1) is 0 Å². The maximum Gasteiger partial charge on any atom is 0.293 e. The van der Waals surface area contributed by atoms with E-state index in [4.69, 9.17) is 9.47 Å². The van der Waals surface area contributed by atoms with Crippen molar-refractivity contribution in [1.82, 2.24) is 4.90 Å². The third-order valence-corrected chi connectivity index (χ3v) is 7.57. The second kappa shape index (κ2) is 11.6. The lowest BCUT2D eigenvalue weighted by Crippen LogP contribution is -2.27. The Kier molecular flexibility index (Phi) is 8.51. The van der Waals surface area contributed by atoms with Crippen molar-refractivity contribution >= 4 is 67.5 Å². The van der Waals surface area contributed by atoms with Gasteiger partial charge >= 0.3 is 0 Å². The molecule has 0 spiro atoms. The molecular formula is C26H20BrFINO4S. The summed E-state index contributed by atoms with van der Waals surface area (Å²) in [4.78, 5) is 27.2. The normalized spacial score (nSPS) is 14.6. The fraction of sp³-hybridized carbons (Fsp3) is 0.154. The van der Waals surface area contributed by atoms with E-state index in [1.54, 1.807) is 24.3 Å². The highest BCUT2D eigenvalue weighted by Crippen LogP contribution is 2.38. The van der Waals surface area contributed by atoms with E-state index >= 15 is 0 Å². The molecule has 35 heavy (non-hydrogen) atoms. The smallest absolute Gasteiger partial charge is 0.293 e. The van der Waals surface area contributed by atoms with Gasteiger partial charge in [0.05, 0.1) is 21.6 Å². The zero-order valence-electron chi connectivity index (χ0n) is 18.6. The summed E-state index contributed by atoms with van der Waals surface area (Å²) in [6.07, 6.45) is 1.69.